The van der Waals surface area contributed by atoms with E-state index in [1.165, 1.54) is 28.9 Å². The Hall–Kier alpha value is -4.30. The number of thioether (sulfide) groups is 2. The molecule has 3 N–H and O–H groups in total. The number of hydrogen-bond acceptors (Lipinski definition) is 11. The van der Waals surface area contributed by atoms with Crippen molar-refractivity contribution in [2.75, 3.05) is 18.6 Å². The van der Waals surface area contributed by atoms with Gasteiger partial charge in [-0.25, -0.2) is 4.79 Å². The van der Waals surface area contributed by atoms with Crippen LogP contribution in [-0.4, -0.2) is 73.3 Å². The maximum atomic E-state index is 13.4. The zero-order chi connectivity index (χ0) is 28.2. The molecule has 206 valence electrons. The smallest absolute Gasteiger partial charge is 0.355 e. The molecule has 0 radical (unpaired) electrons. The maximum absolute atomic E-state index is 13.4. The number of phenols is 1. The average molecular weight is 582 g/mol. The lowest BCUT2D eigenvalue weighted by molar-refractivity contribution is -0.151. The van der Waals surface area contributed by atoms with Gasteiger partial charge in [0.2, 0.25) is 0 Å². The molecule has 0 bridgehead atoms. The second-order valence-corrected chi connectivity index (χ2v) is 10.7. The Morgan fingerprint density at radius 3 is 2.70 bits per heavy atom. The first-order valence-electron chi connectivity index (χ1n) is 12.0. The number of aromatic hydroxyl groups is 1. The van der Waals surface area contributed by atoms with E-state index >= 15 is 0 Å². The molecule has 1 aromatic heterocycles. The van der Waals surface area contributed by atoms with Crippen LogP contribution in [0.3, 0.4) is 0 Å². The summed E-state index contributed by atoms with van der Waals surface area (Å²) in [5.41, 5.74) is 0.137. The number of carbonyl (C=O) groups is 2. The van der Waals surface area contributed by atoms with Gasteiger partial charge in [0.25, 0.3) is 5.91 Å². The van der Waals surface area contributed by atoms with E-state index < -0.39 is 28.5 Å². The van der Waals surface area contributed by atoms with Crippen molar-refractivity contribution in [1.82, 2.24) is 20.1 Å². The van der Waals surface area contributed by atoms with Crippen LogP contribution in [0.2, 0.25) is 0 Å². The monoisotopic (exact) mass is 581 g/mol. The van der Waals surface area contributed by atoms with Gasteiger partial charge in [0.05, 0.1) is 7.11 Å². The Morgan fingerprint density at radius 1 is 1.20 bits per heavy atom. The number of aliphatic imine (C=N–C) groups is 1. The van der Waals surface area contributed by atoms with E-state index in [1.54, 1.807) is 49.6 Å². The third kappa shape index (κ3) is 5.67. The molecule has 40 heavy (non-hydrogen) atoms. The SMILES string of the molecule is COc1ccc(COC(=O)C2=C(CSc3nc(=O)c(=O)[nH][nH]3)CS[C@@H]3[C@H](/N=C\c4ccccc4O)C(=O)N23)cc1. The normalized spacial score (nSPS) is 18.4. The number of ether oxygens (including phenoxy) is 2. The van der Waals surface area contributed by atoms with Crippen LogP contribution in [0.5, 0.6) is 11.5 Å². The topological polar surface area (TPSA) is 167 Å². The number of amides is 1. The molecule has 1 amide bonds. The van der Waals surface area contributed by atoms with Gasteiger partial charge in [-0.15, -0.1) is 11.8 Å². The molecule has 2 atom stereocenters. The summed E-state index contributed by atoms with van der Waals surface area (Å²) in [5, 5.41) is 14.5. The summed E-state index contributed by atoms with van der Waals surface area (Å²) in [4.78, 5) is 59.0. The van der Waals surface area contributed by atoms with Gasteiger partial charge in [-0.3, -0.25) is 34.5 Å². The van der Waals surface area contributed by atoms with Crippen LogP contribution >= 0.6 is 23.5 Å². The number of hydrogen-bond donors (Lipinski definition) is 3. The fraction of sp³-hybridized carbons (Fsp3) is 0.231. The number of nitrogens with one attached hydrogen (secondary N) is 2. The molecular weight excluding hydrogens is 558 g/mol. The van der Waals surface area contributed by atoms with Gasteiger partial charge in [0.15, 0.2) is 11.2 Å². The molecule has 0 spiro atoms. The number of benzene rings is 2. The van der Waals surface area contributed by atoms with Gasteiger partial charge in [0.1, 0.15) is 29.2 Å². The van der Waals surface area contributed by atoms with Gasteiger partial charge in [0, 0.05) is 23.3 Å². The minimum Gasteiger partial charge on any atom is -0.507 e. The first-order valence-corrected chi connectivity index (χ1v) is 14.0. The number of fused-ring (bicyclic) bond motifs is 1. The number of nitrogens with zero attached hydrogens (tertiary/aromatic N) is 3. The largest absolute Gasteiger partial charge is 0.507 e. The third-order valence-electron chi connectivity index (χ3n) is 6.12. The molecule has 2 aliphatic heterocycles. The van der Waals surface area contributed by atoms with E-state index in [1.807, 2.05) is 0 Å². The van der Waals surface area contributed by atoms with Crippen LogP contribution in [0.25, 0.3) is 0 Å². The van der Waals surface area contributed by atoms with Crippen LogP contribution in [0.15, 0.2) is 79.5 Å². The molecular formula is C26H23N5O7S2. The zero-order valence-electron chi connectivity index (χ0n) is 21.0. The number of H-pyrrole nitrogens is 2. The summed E-state index contributed by atoms with van der Waals surface area (Å²) in [5.74, 6) is 0.262. The molecule has 14 heteroatoms. The predicted octanol–water partition coefficient (Wildman–Crippen LogP) is 1.66. The van der Waals surface area contributed by atoms with Gasteiger partial charge in [-0.1, -0.05) is 36.0 Å². The van der Waals surface area contributed by atoms with Crippen molar-refractivity contribution in [1.29, 1.82) is 0 Å². The highest BCUT2D eigenvalue weighted by atomic mass is 32.2. The Kier molecular flexibility index (Phi) is 8.07. The van der Waals surface area contributed by atoms with Crippen LogP contribution < -0.4 is 15.9 Å². The average Bonchev–Trinajstić information content (AvgIpc) is 2.97. The summed E-state index contributed by atoms with van der Waals surface area (Å²) in [7, 11) is 1.56. The number of carbonyl (C=O) groups excluding carboxylic acids is 2. The zero-order valence-corrected chi connectivity index (χ0v) is 22.7. The standard InChI is InChI=1S/C26H23N5O7S2/c1-37-17-8-6-14(7-9-17)11-38-25(36)20-16(13-40-26-28-21(33)22(34)29-30-26)12-39-24-19(23(35)31(20)24)27-10-15-4-2-3-5-18(15)32/h2-10,19,24,32H,11-13H2,1H3,(H,29,34)(H,28,30,33)/b27-10-/t19-,24-/m1/s1. The fourth-order valence-electron chi connectivity index (χ4n) is 4.02. The quantitative estimate of drug-likeness (QED) is 0.111. The number of β-lactam (4-membered cyclic amide) rings is 1. The Bertz CT molecular complexity index is 1620. The number of methoxy groups -OCH3 is 1. The van der Waals surface area contributed by atoms with Gasteiger partial charge >= 0.3 is 17.1 Å². The number of aromatic nitrogens is 3. The van der Waals surface area contributed by atoms with Crippen molar-refractivity contribution in [3.8, 4) is 11.5 Å². The molecule has 1 fully saturated rings. The lowest BCUT2D eigenvalue weighted by Crippen LogP contribution is -2.64. The highest BCUT2D eigenvalue weighted by Crippen LogP contribution is 2.43. The number of aromatic amines is 2. The van der Waals surface area contributed by atoms with Crippen LogP contribution in [0.4, 0.5) is 0 Å². The van der Waals surface area contributed by atoms with E-state index in [4.69, 9.17) is 9.47 Å². The summed E-state index contributed by atoms with van der Waals surface area (Å²) >= 11 is 2.54. The Balaban J connectivity index is 1.37. The molecule has 5 rings (SSSR count). The highest BCUT2D eigenvalue weighted by Gasteiger charge is 2.53. The van der Waals surface area contributed by atoms with Gasteiger partial charge < -0.3 is 14.6 Å². The van der Waals surface area contributed by atoms with Crippen molar-refractivity contribution in [2.45, 2.75) is 23.2 Å². The van der Waals surface area contributed by atoms with Gasteiger partial charge in [-0.2, -0.15) is 4.98 Å². The minimum absolute atomic E-state index is 0.0176. The molecule has 0 unspecified atom stereocenters. The van der Waals surface area contributed by atoms with Crippen molar-refractivity contribution >= 4 is 41.6 Å². The molecule has 0 aliphatic carbocycles. The molecule has 3 aromatic rings. The Labute approximate surface area is 235 Å². The first-order chi connectivity index (χ1) is 19.4. The van der Waals surface area contributed by atoms with Crippen molar-refractivity contribution in [3.63, 3.8) is 0 Å². The molecule has 3 heterocycles. The molecule has 2 aliphatic rings. The summed E-state index contributed by atoms with van der Waals surface area (Å²) < 4.78 is 10.8. The van der Waals surface area contributed by atoms with Crippen LogP contribution in [0.1, 0.15) is 11.1 Å². The van der Waals surface area contributed by atoms with Crippen LogP contribution in [0, 0.1) is 0 Å². The number of esters is 1. The summed E-state index contributed by atoms with van der Waals surface area (Å²) in [6.07, 6.45) is 1.45. The predicted molar refractivity (Wildman–Crippen MR) is 149 cm³/mol. The van der Waals surface area contributed by atoms with E-state index in [0.29, 0.717) is 22.6 Å². The number of para-hydroxylation sites is 1. The Morgan fingerprint density at radius 2 is 1.98 bits per heavy atom. The minimum atomic E-state index is -0.935. The van der Waals surface area contributed by atoms with Crippen LogP contribution in [-0.2, 0) is 20.9 Å². The van der Waals surface area contributed by atoms with Crippen molar-refractivity contribution in [2.24, 2.45) is 4.99 Å². The molecule has 1 saturated heterocycles. The molecule has 0 saturated carbocycles. The summed E-state index contributed by atoms with van der Waals surface area (Å²) in [6, 6.07) is 13.0. The highest BCUT2D eigenvalue weighted by molar-refractivity contribution is 8.01. The van der Waals surface area contributed by atoms with Crippen molar-refractivity contribution < 1.29 is 24.2 Å². The maximum Gasteiger partial charge on any atom is 0.355 e. The lowest BCUT2D eigenvalue weighted by Gasteiger charge is -2.48. The molecule has 12 nitrogen and oxygen atoms in total. The van der Waals surface area contributed by atoms with E-state index in [-0.39, 0.29) is 34.9 Å². The third-order valence-corrected chi connectivity index (χ3v) is 8.40. The van der Waals surface area contributed by atoms with Crippen molar-refractivity contribution in [3.05, 3.63) is 91.6 Å². The summed E-state index contributed by atoms with van der Waals surface area (Å²) in [6.45, 7) is -0.0176. The van der Waals surface area contributed by atoms with E-state index in [9.17, 15) is 24.3 Å². The lowest BCUT2D eigenvalue weighted by atomic mass is 10.0. The van der Waals surface area contributed by atoms with E-state index in [0.717, 1.165) is 17.3 Å². The van der Waals surface area contributed by atoms with E-state index in [2.05, 4.69) is 20.2 Å². The number of phenolic OH excluding ortho intramolecular Hbond substituents is 1. The fourth-order valence-corrected chi connectivity index (χ4v) is 6.31. The second-order valence-electron chi connectivity index (χ2n) is 8.66. The van der Waals surface area contributed by atoms with Gasteiger partial charge in [-0.05, 0) is 35.4 Å². The number of rotatable bonds is 9. The second kappa shape index (κ2) is 11.8. The molecule has 2 aromatic carbocycles. The first kappa shape index (κ1) is 27.3.